The zero-order chi connectivity index (χ0) is 25.0. The van der Waals surface area contributed by atoms with Crippen molar-refractivity contribution in [2.75, 3.05) is 19.7 Å². The van der Waals surface area contributed by atoms with Crippen LogP contribution >= 0.6 is 11.3 Å². The molecule has 5 nitrogen and oxygen atoms in total. The zero-order valence-electron chi connectivity index (χ0n) is 21.8. The summed E-state index contributed by atoms with van der Waals surface area (Å²) in [6.45, 7) is 15.5. The van der Waals surface area contributed by atoms with Crippen LogP contribution in [0.25, 0.3) is 0 Å². The molecule has 186 valence electrons. The summed E-state index contributed by atoms with van der Waals surface area (Å²) in [5.74, 6) is 1.54. The van der Waals surface area contributed by atoms with Gasteiger partial charge in [-0.25, -0.2) is 0 Å². The van der Waals surface area contributed by atoms with E-state index in [2.05, 4.69) is 37.4 Å². The molecule has 0 fully saturated rings. The molecule has 1 aromatic carbocycles. The minimum absolute atomic E-state index is 0.0207. The first-order valence-corrected chi connectivity index (χ1v) is 13.2. The molecule has 1 atom stereocenters. The molecule has 1 aromatic heterocycles. The number of ether oxygens (including phenoxy) is 1. The highest BCUT2D eigenvalue weighted by molar-refractivity contribution is 7.10. The van der Waals surface area contributed by atoms with E-state index in [1.54, 1.807) is 16.2 Å². The Hall–Kier alpha value is -2.34. The number of thiophene rings is 1. The van der Waals surface area contributed by atoms with Crippen molar-refractivity contribution in [3.05, 3.63) is 51.7 Å². The highest BCUT2D eigenvalue weighted by Gasteiger charge is 2.36. The summed E-state index contributed by atoms with van der Waals surface area (Å²) in [7, 11) is 0. The van der Waals surface area contributed by atoms with Crippen LogP contribution in [0.1, 0.15) is 82.9 Å². The Balaban J connectivity index is 1.78. The Kier molecular flexibility index (Phi) is 8.45. The molecule has 0 unspecified atom stereocenters. The topological polar surface area (TPSA) is 49.9 Å². The first-order chi connectivity index (χ1) is 16.0. The fraction of sp³-hybridized carbons (Fsp3) is 0.571. The van der Waals surface area contributed by atoms with Crippen molar-refractivity contribution in [1.29, 1.82) is 0 Å². The van der Waals surface area contributed by atoms with E-state index < -0.39 is 5.54 Å². The summed E-state index contributed by atoms with van der Waals surface area (Å²) in [5, 5.41) is 2.09. The van der Waals surface area contributed by atoms with E-state index in [0.29, 0.717) is 25.5 Å². The van der Waals surface area contributed by atoms with E-state index in [1.165, 1.54) is 16.0 Å². The number of fused-ring (bicyclic) bond motifs is 1. The number of carbonyl (C=O) groups is 2. The average Bonchev–Trinajstić information content (AvgIpc) is 3.23. The summed E-state index contributed by atoms with van der Waals surface area (Å²) in [6, 6.07) is 10.2. The number of rotatable bonds is 8. The van der Waals surface area contributed by atoms with Gasteiger partial charge in [-0.15, -0.1) is 11.3 Å². The molecule has 0 N–H and O–H groups in total. The fourth-order valence-corrected chi connectivity index (χ4v) is 5.31. The SMILES string of the molecule is CC(C)CC(=O)N(CC(=O)N1CCc2sccc2[C@@H]1COc1ccc(C(C)C)cc1)C(C)(C)C. The molecule has 3 rings (SSSR count). The lowest BCUT2D eigenvalue weighted by Crippen LogP contribution is -2.53. The maximum absolute atomic E-state index is 13.6. The first-order valence-electron chi connectivity index (χ1n) is 12.4. The van der Waals surface area contributed by atoms with Gasteiger partial charge in [0.2, 0.25) is 11.8 Å². The maximum atomic E-state index is 13.6. The van der Waals surface area contributed by atoms with Gasteiger partial charge in [-0.05, 0) is 73.7 Å². The summed E-state index contributed by atoms with van der Waals surface area (Å²) in [6.07, 6.45) is 1.28. The van der Waals surface area contributed by atoms with Crippen molar-refractivity contribution in [3.8, 4) is 5.75 Å². The predicted molar refractivity (Wildman–Crippen MR) is 139 cm³/mol. The minimum atomic E-state index is -0.422. The van der Waals surface area contributed by atoms with Gasteiger partial charge in [0.1, 0.15) is 18.9 Å². The normalized spacial score (nSPS) is 16.0. The van der Waals surface area contributed by atoms with Crippen molar-refractivity contribution >= 4 is 23.2 Å². The van der Waals surface area contributed by atoms with Gasteiger partial charge in [0, 0.05) is 23.4 Å². The second kappa shape index (κ2) is 10.9. The Labute approximate surface area is 209 Å². The molecule has 0 aliphatic carbocycles. The average molecular weight is 485 g/mol. The summed E-state index contributed by atoms with van der Waals surface area (Å²) in [4.78, 5) is 31.5. The molecular formula is C28H40N2O3S. The second-order valence-corrected chi connectivity index (χ2v) is 11.9. The molecule has 0 saturated heterocycles. The summed E-state index contributed by atoms with van der Waals surface area (Å²) < 4.78 is 6.19. The molecule has 1 aliphatic rings. The van der Waals surface area contributed by atoms with Crippen molar-refractivity contribution in [2.24, 2.45) is 5.92 Å². The van der Waals surface area contributed by atoms with E-state index in [9.17, 15) is 9.59 Å². The van der Waals surface area contributed by atoms with E-state index >= 15 is 0 Å². The van der Waals surface area contributed by atoms with Crippen LogP contribution in [0.4, 0.5) is 0 Å². The van der Waals surface area contributed by atoms with Crippen LogP contribution in [0.15, 0.2) is 35.7 Å². The molecule has 2 heterocycles. The number of amides is 2. The molecule has 2 aromatic rings. The quantitative estimate of drug-likeness (QED) is 0.458. The Morgan fingerprint density at radius 3 is 2.38 bits per heavy atom. The maximum Gasteiger partial charge on any atom is 0.242 e. The predicted octanol–water partition coefficient (Wildman–Crippen LogP) is 6.05. The van der Waals surface area contributed by atoms with Crippen molar-refractivity contribution in [1.82, 2.24) is 9.80 Å². The van der Waals surface area contributed by atoms with E-state index in [1.807, 2.05) is 51.7 Å². The molecule has 0 radical (unpaired) electrons. The standard InChI is InChI=1S/C28H40N2O3S/c1-19(2)16-26(31)30(28(5,6)7)17-27(32)29-14-12-25-23(13-15-34-25)24(29)18-33-22-10-8-21(9-11-22)20(3)4/h8-11,13,15,19-20,24H,12,14,16-18H2,1-7H3/t24-/m0/s1. The number of hydrogen-bond acceptors (Lipinski definition) is 4. The Morgan fingerprint density at radius 2 is 1.79 bits per heavy atom. The van der Waals surface area contributed by atoms with Crippen molar-refractivity contribution < 1.29 is 14.3 Å². The van der Waals surface area contributed by atoms with Crippen molar-refractivity contribution in [3.63, 3.8) is 0 Å². The number of carbonyl (C=O) groups excluding carboxylic acids is 2. The largest absolute Gasteiger partial charge is 0.491 e. The highest BCUT2D eigenvalue weighted by Crippen LogP contribution is 2.34. The van der Waals surface area contributed by atoms with Gasteiger partial charge in [0.15, 0.2) is 0 Å². The third-order valence-corrected chi connectivity index (χ3v) is 7.35. The monoisotopic (exact) mass is 484 g/mol. The van der Waals surface area contributed by atoms with Crippen LogP contribution in [-0.2, 0) is 16.0 Å². The second-order valence-electron chi connectivity index (χ2n) is 10.9. The van der Waals surface area contributed by atoms with Crippen LogP contribution in [-0.4, -0.2) is 46.8 Å². The lowest BCUT2D eigenvalue weighted by Gasteiger charge is -2.40. The van der Waals surface area contributed by atoms with Gasteiger partial charge in [0.05, 0.1) is 6.04 Å². The van der Waals surface area contributed by atoms with Gasteiger partial charge >= 0.3 is 0 Å². The van der Waals surface area contributed by atoms with Gasteiger partial charge in [-0.2, -0.15) is 0 Å². The third kappa shape index (κ3) is 6.41. The number of benzene rings is 1. The Bertz CT molecular complexity index is 972. The summed E-state index contributed by atoms with van der Waals surface area (Å²) in [5.41, 5.74) is 2.02. The number of nitrogens with zero attached hydrogens (tertiary/aromatic N) is 2. The van der Waals surface area contributed by atoms with Crippen LogP contribution in [0.3, 0.4) is 0 Å². The Morgan fingerprint density at radius 1 is 1.12 bits per heavy atom. The van der Waals surface area contributed by atoms with Crippen LogP contribution in [0.2, 0.25) is 0 Å². The highest BCUT2D eigenvalue weighted by atomic mass is 32.1. The van der Waals surface area contributed by atoms with Gasteiger partial charge < -0.3 is 14.5 Å². The molecule has 0 spiro atoms. The molecule has 0 saturated carbocycles. The molecular weight excluding hydrogens is 444 g/mol. The van der Waals surface area contributed by atoms with Crippen molar-refractivity contribution in [2.45, 2.75) is 78.8 Å². The molecule has 1 aliphatic heterocycles. The van der Waals surface area contributed by atoms with E-state index in [0.717, 1.165) is 12.2 Å². The molecule has 34 heavy (non-hydrogen) atoms. The fourth-order valence-electron chi connectivity index (χ4n) is 4.38. The van der Waals surface area contributed by atoms with Gasteiger partial charge in [0.25, 0.3) is 0 Å². The molecule has 6 heteroatoms. The van der Waals surface area contributed by atoms with Crippen LogP contribution in [0, 0.1) is 5.92 Å². The van der Waals surface area contributed by atoms with E-state index in [-0.39, 0.29) is 30.3 Å². The lowest BCUT2D eigenvalue weighted by atomic mass is 9.99. The van der Waals surface area contributed by atoms with Gasteiger partial charge in [-0.1, -0.05) is 39.8 Å². The smallest absolute Gasteiger partial charge is 0.242 e. The number of hydrogen-bond donors (Lipinski definition) is 0. The third-order valence-electron chi connectivity index (χ3n) is 6.36. The molecule has 2 amide bonds. The minimum Gasteiger partial charge on any atom is -0.491 e. The summed E-state index contributed by atoms with van der Waals surface area (Å²) >= 11 is 1.74. The first kappa shape index (κ1) is 26.3. The molecule has 0 bridgehead atoms. The lowest BCUT2D eigenvalue weighted by molar-refractivity contribution is -0.147. The van der Waals surface area contributed by atoms with Crippen LogP contribution < -0.4 is 4.74 Å². The van der Waals surface area contributed by atoms with Gasteiger partial charge in [-0.3, -0.25) is 9.59 Å². The van der Waals surface area contributed by atoms with Crippen LogP contribution in [0.5, 0.6) is 5.75 Å². The zero-order valence-corrected chi connectivity index (χ0v) is 22.6. The van der Waals surface area contributed by atoms with E-state index in [4.69, 9.17) is 4.74 Å².